The highest BCUT2D eigenvalue weighted by Crippen LogP contribution is 2.25. The van der Waals surface area contributed by atoms with Crippen LogP contribution in [-0.4, -0.2) is 10.2 Å². The lowest BCUT2D eigenvalue weighted by molar-refractivity contribution is 0.798. The lowest BCUT2D eigenvalue weighted by atomic mass is 10.1. The molecule has 13 heavy (non-hydrogen) atoms. The molecule has 72 valence electrons. The highest BCUT2D eigenvalue weighted by molar-refractivity contribution is 6.44. The summed E-state index contributed by atoms with van der Waals surface area (Å²) in [6.45, 7) is 2.19. The summed E-state index contributed by atoms with van der Waals surface area (Å²) in [5.41, 5.74) is 1.27. The quantitative estimate of drug-likeness (QED) is 0.703. The molecule has 0 atom stereocenters. The van der Waals surface area contributed by atoms with Crippen molar-refractivity contribution >= 4 is 38.6 Å². The van der Waals surface area contributed by atoms with E-state index in [0.29, 0.717) is 5.02 Å². The molecular formula is C10H14Cl2Si. The van der Waals surface area contributed by atoms with Gasteiger partial charge in [0, 0.05) is 10.2 Å². The summed E-state index contributed by atoms with van der Waals surface area (Å²) in [6.07, 6.45) is 3.45. The molecule has 0 heterocycles. The lowest BCUT2D eigenvalue weighted by Gasteiger charge is -2.08. The zero-order valence-electron chi connectivity index (χ0n) is 8.03. The summed E-state index contributed by atoms with van der Waals surface area (Å²) >= 11 is 12.1. The van der Waals surface area contributed by atoms with Gasteiger partial charge in [0.25, 0.3) is 0 Å². The van der Waals surface area contributed by atoms with Crippen molar-refractivity contribution in [3.8, 4) is 0 Å². The highest BCUT2D eigenvalue weighted by atomic mass is 35.5. The SMILES string of the molecule is CCCCc1c([SiH3])ccc(Cl)c1Cl. The van der Waals surface area contributed by atoms with Crippen molar-refractivity contribution in [1.29, 1.82) is 0 Å². The van der Waals surface area contributed by atoms with Crippen molar-refractivity contribution in [3.63, 3.8) is 0 Å². The van der Waals surface area contributed by atoms with Crippen molar-refractivity contribution in [2.75, 3.05) is 0 Å². The first-order valence-electron chi connectivity index (χ1n) is 4.60. The van der Waals surface area contributed by atoms with Gasteiger partial charge in [0.2, 0.25) is 0 Å². The maximum Gasteiger partial charge on any atom is 0.0622 e. The van der Waals surface area contributed by atoms with Crippen LogP contribution in [0.2, 0.25) is 10.0 Å². The Balaban J connectivity index is 2.96. The van der Waals surface area contributed by atoms with Crippen LogP contribution in [0.25, 0.3) is 0 Å². The molecule has 0 aliphatic rings. The third-order valence-electron chi connectivity index (χ3n) is 2.21. The van der Waals surface area contributed by atoms with Gasteiger partial charge in [-0.05, 0) is 24.5 Å². The first kappa shape index (κ1) is 11.1. The molecule has 0 N–H and O–H groups in total. The Labute approximate surface area is 92.7 Å². The maximum atomic E-state index is 6.12. The Hall–Kier alpha value is 0.0169. The molecule has 0 aliphatic heterocycles. The van der Waals surface area contributed by atoms with E-state index in [1.54, 1.807) is 0 Å². The smallest absolute Gasteiger partial charge is 0.0622 e. The summed E-state index contributed by atoms with van der Waals surface area (Å²) < 4.78 is 0. The van der Waals surface area contributed by atoms with E-state index in [9.17, 15) is 0 Å². The summed E-state index contributed by atoms with van der Waals surface area (Å²) in [5, 5.41) is 2.83. The minimum atomic E-state index is 0.687. The van der Waals surface area contributed by atoms with Crippen molar-refractivity contribution < 1.29 is 0 Å². The van der Waals surface area contributed by atoms with E-state index in [1.807, 2.05) is 6.07 Å². The Bertz CT molecular complexity index is 297. The second-order valence-corrected chi connectivity index (χ2v) is 5.12. The molecule has 1 aromatic rings. The van der Waals surface area contributed by atoms with Crippen LogP contribution in [-0.2, 0) is 6.42 Å². The molecule has 0 fully saturated rings. The minimum Gasteiger partial charge on any atom is -0.0827 e. The van der Waals surface area contributed by atoms with Crippen LogP contribution in [0, 0.1) is 0 Å². The van der Waals surface area contributed by atoms with Crippen LogP contribution in [0.3, 0.4) is 0 Å². The molecule has 0 unspecified atom stereocenters. The van der Waals surface area contributed by atoms with Crippen LogP contribution < -0.4 is 5.19 Å². The van der Waals surface area contributed by atoms with Gasteiger partial charge in [-0.15, -0.1) is 0 Å². The Morgan fingerprint density at radius 2 is 2.00 bits per heavy atom. The van der Waals surface area contributed by atoms with Crippen molar-refractivity contribution in [3.05, 3.63) is 27.7 Å². The van der Waals surface area contributed by atoms with E-state index in [0.717, 1.165) is 21.7 Å². The van der Waals surface area contributed by atoms with E-state index >= 15 is 0 Å². The third kappa shape index (κ3) is 2.73. The molecular weight excluding hydrogens is 219 g/mol. The van der Waals surface area contributed by atoms with E-state index in [4.69, 9.17) is 23.2 Å². The molecule has 0 aromatic heterocycles. The molecule has 0 aliphatic carbocycles. The van der Waals surface area contributed by atoms with E-state index in [2.05, 4.69) is 13.0 Å². The zero-order chi connectivity index (χ0) is 9.84. The monoisotopic (exact) mass is 232 g/mol. The first-order chi connectivity index (χ1) is 6.16. The number of unbranched alkanes of at least 4 members (excludes halogenated alkanes) is 1. The van der Waals surface area contributed by atoms with Gasteiger partial charge < -0.3 is 0 Å². The second kappa shape index (κ2) is 5.04. The van der Waals surface area contributed by atoms with Crippen LogP contribution in [0.15, 0.2) is 12.1 Å². The summed E-state index contributed by atoms with van der Waals surface area (Å²) in [4.78, 5) is 0. The van der Waals surface area contributed by atoms with Crippen molar-refractivity contribution in [2.24, 2.45) is 0 Å². The van der Waals surface area contributed by atoms with E-state index in [1.165, 1.54) is 23.6 Å². The minimum absolute atomic E-state index is 0.687. The molecule has 0 radical (unpaired) electrons. The number of rotatable bonds is 3. The van der Waals surface area contributed by atoms with Gasteiger partial charge in [0.05, 0.1) is 10.0 Å². The second-order valence-electron chi connectivity index (χ2n) is 3.26. The predicted octanol–water partition coefficient (Wildman–Crippen LogP) is 2.33. The normalized spacial score (nSPS) is 10.7. The Kier molecular flexibility index (Phi) is 4.30. The summed E-state index contributed by atoms with van der Waals surface area (Å²) in [6, 6.07) is 3.98. The third-order valence-corrected chi connectivity index (χ3v) is 3.99. The van der Waals surface area contributed by atoms with E-state index in [-0.39, 0.29) is 0 Å². The zero-order valence-corrected chi connectivity index (χ0v) is 11.5. The van der Waals surface area contributed by atoms with Gasteiger partial charge in [-0.2, -0.15) is 0 Å². The predicted molar refractivity (Wildman–Crippen MR) is 64.6 cm³/mol. The topological polar surface area (TPSA) is 0 Å². The number of halogens is 2. The van der Waals surface area contributed by atoms with Gasteiger partial charge >= 0.3 is 0 Å². The molecule has 0 saturated heterocycles. The van der Waals surface area contributed by atoms with Crippen LogP contribution >= 0.6 is 23.2 Å². The molecule has 1 aromatic carbocycles. The Morgan fingerprint density at radius 3 is 2.62 bits per heavy atom. The van der Waals surface area contributed by atoms with Gasteiger partial charge in [0.15, 0.2) is 0 Å². The van der Waals surface area contributed by atoms with Gasteiger partial charge in [-0.1, -0.05) is 47.8 Å². The fourth-order valence-electron chi connectivity index (χ4n) is 1.35. The molecule has 0 nitrogen and oxygen atoms in total. The van der Waals surface area contributed by atoms with Crippen LogP contribution in [0.1, 0.15) is 25.3 Å². The van der Waals surface area contributed by atoms with Gasteiger partial charge in [0.1, 0.15) is 0 Å². The van der Waals surface area contributed by atoms with Crippen LogP contribution in [0.4, 0.5) is 0 Å². The Morgan fingerprint density at radius 1 is 1.31 bits per heavy atom. The summed E-state index contributed by atoms with van der Waals surface area (Å²) in [7, 11) is 1.05. The number of hydrogen-bond donors (Lipinski definition) is 0. The number of benzene rings is 1. The van der Waals surface area contributed by atoms with Crippen molar-refractivity contribution in [2.45, 2.75) is 26.2 Å². The molecule has 0 bridgehead atoms. The average molecular weight is 233 g/mol. The standard InChI is InChI=1S/C10H14Cl2Si/c1-2-3-4-7-9(13)6-5-8(11)10(7)12/h5-6H,2-4H2,1,13H3. The first-order valence-corrected chi connectivity index (χ1v) is 6.36. The number of hydrogen-bond acceptors (Lipinski definition) is 0. The fourth-order valence-corrected chi connectivity index (χ4v) is 2.66. The lowest BCUT2D eigenvalue weighted by Crippen LogP contribution is -2.10. The molecule has 0 amide bonds. The fraction of sp³-hybridized carbons (Fsp3) is 0.400. The van der Waals surface area contributed by atoms with Crippen LogP contribution in [0.5, 0.6) is 0 Å². The van der Waals surface area contributed by atoms with Gasteiger partial charge in [-0.25, -0.2) is 0 Å². The highest BCUT2D eigenvalue weighted by Gasteiger charge is 2.06. The van der Waals surface area contributed by atoms with E-state index < -0.39 is 0 Å². The molecule has 0 saturated carbocycles. The largest absolute Gasteiger partial charge is 0.0827 e. The summed E-state index contributed by atoms with van der Waals surface area (Å²) in [5.74, 6) is 0. The van der Waals surface area contributed by atoms with Gasteiger partial charge in [-0.3, -0.25) is 0 Å². The maximum absolute atomic E-state index is 6.12. The molecule has 1 rings (SSSR count). The average Bonchev–Trinajstić information content (AvgIpc) is 2.12. The van der Waals surface area contributed by atoms with Crippen molar-refractivity contribution in [1.82, 2.24) is 0 Å². The molecule has 0 spiro atoms. The molecule has 3 heteroatoms.